The number of guanidine groups is 1. The molecule has 20 heavy (non-hydrogen) atoms. The fraction of sp³-hybridized carbons (Fsp3) is 0.333. The summed E-state index contributed by atoms with van der Waals surface area (Å²) in [4.78, 5) is 17.4. The molecule has 106 valence electrons. The third kappa shape index (κ3) is 3.22. The third-order valence-electron chi connectivity index (χ3n) is 3.36. The van der Waals surface area contributed by atoms with Crippen LogP contribution in [0.25, 0.3) is 4.91 Å². The number of nitrogens with one attached hydrogen (secondary N) is 2. The van der Waals surface area contributed by atoms with Crippen molar-refractivity contribution in [2.75, 3.05) is 12.9 Å². The molecule has 1 aliphatic heterocycles. The van der Waals surface area contributed by atoms with E-state index in [0.29, 0.717) is 11.8 Å². The lowest BCUT2D eigenvalue weighted by molar-refractivity contribution is -0.122. The summed E-state index contributed by atoms with van der Waals surface area (Å²) in [6.45, 7) is 3.94. The van der Waals surface area contributed by atoms with Crippen LogP contribution in [0.3, 0.4) is 0 Å². The molecule has 4 nitrogen and oxygen atoms in total. The first-order valence-corrected chi connectivity index (χ1v) is 7.52. The van der Waals surface area contributed by atoms with Crippen LogP contribution in [0.4, 0.5) is 0 Å². The van der Waals surface area contributed by atoms with Crippen molar-refractivity contribution in [3.05, 3.63) is 41.5 Å². The smallest absolute Gasteiger partial charge is 0.233 e. The van der Waals surface area contributed by atoms with Crippen molar-refractivity contribution in [1.29, 1.82) is 0 Å². The van der Waals surface area contributed by atoms with E-state index in [4.69, 9.17) is 0 Å². The largest absolute Gasteiger partial charge is 0.347 e. The van der Waals surface area contributed by atoms with E-state index in [1.54, 1.807) is 18.8 Å². The lowest BCUT2D eigenvalue weighted by Crippen LogP contribution is -2.42. The van der Waals surface area contributed by atoms with E-state index in [9.17, 15) is 4.79 Å². The molecule has 0 aliphatic carbocycles. The monoisotopic (exact) mass is 289 g/mol. The highest BCUT2D eigenvalue weighted by atomic mass is 32.2. The Morgan fingerprint density at radius 2 is 2.00 bits per heavy atom. The number of aliphatic imine (C=N–C) groups is 1. The molecule has 0 aromatic heterocycles. The molecule has 1 aromatic carbocycles. The zero-order valence-corrected chi connectivity index (χ0v) is 12.8. The molecule has 0 saturated heterocycles. The first-order chi connectivity index (χ1) is 9.63. The van der Waals surface area contributed by atoms with Gasteiger partial charge in [0.2, 0.25) is 5.91 Å². The summed E-state index contributed by atoms with van der Waals surface area (Å²) < 4.78 is 0. The number of hydrogen-bond acceptors (Lipinski definition) is 3. The van der Waals surface area contributed by atoms with Gasteiger partial charge in [-0.05, 0) is 25.0 Å². The maximum Gasteiger partial charge on any atom is 0.233 e. The average Bonchev–Trinajstić information content (AvgIpc) is 2.53. The zero-order valence-electron chi connectivity index (χ0n) is 11.9. The van der Waals surface area contributed by atoms with Gasteiger partial charge in [0.05, 0.1) is 11.8 Å². The Morgan fingerprint density at radius 3 is 2.65 bits per heavy atom. The predicted octanol–water partition coefficient (Wildman–Crippen LogP) is 2.45. The number of nitrogens with zero attached hydrogens (tertiary/aromatic N) is 1. The summed E-state index contributed by atoms with van der Waals surface area (Å²) in [5, 5.41) is 5.94. The van der Waals surface area contributed by atoms with E-state index >= 15 is 0 Å². The average molecular weight is 289 g/mol. The quantitative estimate of drug-likeness (QED) is 0.835. The second-order valence-corrected chi connectivity index (χ2v) is 5.61. The van der Waals surface area contributed by atoms with Crippen LogP contribution in [0.15, 0.2) is 40.9 Å². The summed E-state index contributed by atoms with van der Waals surface area (Å²) in [6, 6.07) is 10.2. The third-order valence-corrected chi connectivity index (χ3v) is 4.49. The van der Waals surface area contributed by atoms with Gasteiger partial charge in [-0.2, -0.15) is 0 Å². The molecule has 1 heterocycles. The van der Waals surface area contributed by atoms with E-state index in [2.05, 4.69) is 27.8 Å². The van der Waals surface area contributed by atoms with Gasteiger partial charge in [0, 0.05) is 12.0 Å². The van der Waals surface area contributed by atoms with Gasteiger partial charge in [0.1, 0.15) is 0 Å². The summed E-state index contributed by atoms with van der Waals surface area (Å²) >= 11 is 1.69. The Hall–Kier alpha value is -1.75. The first kappa shape index (κ1) is 14.7. The Labute approximate surface area is 123 Å². The van der Waals surface area contributed by atoms with E-state index in [1.807, 2.05) is 32.0 Å². The first-order valence-electron chi connectivity index (χ1n) is 6.54. The number of thioether (sulfide) groups is 1. The van der Waals surface area contributed by atoms with Gasteiger partial charge in [-0.1, -0.05) is 30.3 Å². The van der Waals surface area contributed by atoms with Crippen molar-refractivity contribution in [1.82, 2.24) is 10.6 Å². The van der Waals surface area contributed by atoms with Gasteiger partial charge in [0.15, 0.2) is 5.96 Å². The standard InChI is InChI=1S/C15H19N3OS/c1-10-11(2)14(19)18-15(16-3)17-9-20-13(10)12-7-5-4-6-8-12/h4-8,11H,9H2,1-3H3,(H2,16,17,18,19)/b13-10-. The molecule has 0 bridgehead atoms. The molecule has 1 aliphatic rings. The van der Waals surface area contributed by atoms with Crippen LogP contribution < -0.4 is 10.6 Å². The maximum absolute atomic E-state index is 12.2. The zero-order chi connectivity index (χ0) is 14.5. The lowest BCUT2D eigenvalue weighted by atomic mass is 9.99. The van der Waals surface area contributed by atoms with Gasteiger partial charge < -0.3 is 5.32 Å². The van der Waals surface area contributed by atoms with Crippen molar-refractivity contribution in [3.8, 4) is 0 Å². The molecule has 0 radical (unpaired) electrons. The molecule has 0 fully saturated rings. The van der Waals surface area contributed by atoms with Crippen molar-refractivity contribution in [3.63, 3.8) is 0 Å². The number of hydrogen-bond donors (Lipinski definition) is 2. The van der Waals surface area contributed by atoms with Crippen LogP contribution in [-0.4, -0.2) is 24.8 Å². The van der Waals surface area contributed by atoms with Gasteiger partial charge in [0.25, 0.3) is 0 Å². The predicted molar refractivity (Wildman–Crippen MR) is 85.3 cm³/mol. The molecular weight excluding hydrogens is 270 g/mol. The minimum absolute atomic E-state index is 0.0356. The van der Waals surface area contributed by atoms with E-state index in [0.717, 1.165) is 16.0 Å². The molecule has 0 saturated carbocycles. The fourth-order valence-corrected chi connectivity index (χ4v) is 3.05. The lowest BCUT2D eigenvalue weighted by Gasteiger charge is -2.15. The maximum atomic E-state index is 12.2. The van der Waals surface area contributed by atoms with Crippen molar-refractivity contribution in [2.45, 2.75) is 13.8 Å². The Kier molecular flexibility index (Phi) is 4.84. The molecule has 2 N–H and O–H groups in total. The Bertz CT molecular complexity index is 551. The van der Waals surface area contributed by atoms with Crippen molar-refractivity contribution >= 4 is 28.5 Å². The van der Waals surface area contributed by atoms with Gasteiger partial charge >= 0.3 is 0 Å². The summed E-state index contributed by atoms with van der Waals surface area (Å²) in [5.74, 6) is 0.971. The summed E-state index contributed by atoms with van der Waals surface area (Å²) in [5.41, 5.74) is 2.23. The molecular formula is C15H19N3OS. The number of benzene rings is 1. The van der Waals surface area contributed by atoms with E-state index in [-0.39, 0.29) is 11.8 Å². The molecule has 1 atom stereocenters. The summed E-state index contributed by atoms with van der Waals surface area (Å²) in [7, 11) is 1.66. The highest BCUT2D eigenvalue weighted by molar-refractivity contribution is 8.08. The normalized spacial score (nSPS) is 26.2. The van der Waals surface area contributed by atoms with Crippen LogP contribution >= 0.6 is 11.8 Å². The number of carbonyl (C=O) groups is 1. The molecule has 1 amide bonds. The highest BCUT2D eigenvalue weighted by Crippen LogP contribution is 2.33. The molecule has 5 heteroatoms. The van der Waals surface area contributed by atoms with Crippen LogP contribution in [0.5, 0.6) is 0 Å². The molecule has 1 unspecified atom stereocenters. The van der Waals surface area contributed by atoms with Gasteiger partial charge in [-0.15, -0.1) is 11.8 Å². The highest BCUT2D eigenvalue weighted by Gasteiger charge is 2.22. The molecule has 2 rings (SSSR count). The SMILES string of the molecule is CN=C1NCS/C(c2ccccc2)=C(/C)C(C)C(=O)N1. The second-order valence-electron chi connectivity index (χ2n) is 4.63. The van der Waals surface area contributed by atoms with E-state index < -0.39 is 0 Å². The number of carbonyl (C=O) groups excluding carboxylic acids is 1. The minimum Gasteiger partial charge on any atom is -0.347 e. The van der Waals surface area contributed by atoms with Crippen LogP contribution in [0, 0.1) is 5.92 Å². The van der Waals surface area contributed by atoms with Crippen LogP contribution in [0.2, 0.25) is 0 Å². The molecule has 0 spiro atoms. The van der Waals surface area contributed by atoms with E-state index in [1.165, 1.54) is 0 Å². The second kappa shape index (κ2) is 6.61. The fourth-order valence-electron chi connectivity index (χ4n) is 1.99. The Morgan fingerprint density at radius 1 is 1.30 bits per heavy atom. The van der Waals surface area contributed by atoms with Gasteiger partial charge in [-0.25, -0.2) is 0 Å². The number of rotatable bonds is 1. The van der Waals surface area contributed by atoms with Crippen molar-refractivity contribution in [2.24, 2.45) is 10.9 Å². The number of amides is 1. The van der Waals surface area contributed by atoms with Crippen molar-refractivity contribution < 1.29 is 4.79 Å². The topological polar surface area (TPSA) is 53.5 Å². The minimum atomic E-state index is -0.186. The summed E-state index contributed by atoms with van der Waals surface area (Å²) in [6.07, 6.45) is 0. The van der Waals surface area contributed by atoms with Gasteiger partial charge in [-0.3, -0.25) is 15.1 Å². The van der Waals surface area contributed by atoms with Crippen LogP contribution in [0.1, 0.15) is 19.4 Å². The molecule has 1 aromatic rings. The van der Waals surface area contributed by atoms with Crippen LogP contribution in [-0.2, 0) is 4.79 Å². The Balaban J connectivity index is 2.39.